The first kappa shape index (κ1) is 14.8. The summed E-state index contributed by atoms with van der Waals surface area (Å²) in [5, 5.41) is 11.0. The van der Waals surface area contributed by atoms with Gasteiger partial charge in [0.1, 0.15) is 5.82 Å². The first-order chi connectivity index (χ1) is 8.99. The molecule has 0 aliphatic heterocycles. The van der Waals surface area contributed by atoms with Crippen LogP contribution in [-0.4, -0.2) is 5.11 Å². The van der Waals surface area contributed by atoms with Crippen molar-refractivity contribution in [2.75, 3.05) is 0 Å². The van der Waals surface area contributed by atoms with Gasteiger partial charge in [0.15, 0.2) is 0 Å². The summed E-state index contributed by atoms with van der Waals surface area (Å²) in [5.41, 5.74) is 1.28. The Morgan fingerprint density at radius 1 is 1.21 bits per heavy atom. The van der Waals surface area contributed by atoms with Gasteiger partial charge in [-0.05, 0) is 39.7 Å². The molecule has 0 heterocycles. The summed E-state index contributed by atoms with van der Waals surface area (Å²) < 4.78 is 13.7. The van der Waals surface area contributed by atoms with Crippen LogP contribution >= 0.6 is 39.1 Å². The van der Waals surface area contributed by atoms with Gasteiger partial charge in [0, 0.05) is 21.5 Å². The molecule has 0 saturated heterocycles. The first-order valence-corrected chi connectivity index (χ1v) is 7.10. The molecule has 2 aromatic carbocycles. The van der Waals surface area contributed by atoms with E-state index in [0.29, 0.717) is 21.2 Å². The number of benzene rings is 2. The van der Waals surface area contributed by atoms with Crippen molar-refractivity contribution in [1.29, 1.82) is 0 Å². The van der Waals surface area contributed by atoms with Crippen molar-refractivity contribution < 1.29 is 9.50 Å². The molecule has 1 N–H and O–H groups in total. The van der Waals surface area contributed by atoms with E-state index >= 15 is 0 Å². The highest BCUT2D eigenvalue weighted by Crippen LogP contribution is 2.32. The van der Waals surface area contributed by atoms with E-state index in [1.807, 2.05) is 0 Å². The monoisotopic (exact) mass is 362 g/mol. The predicted molar refractivity (Wildman–Crippen MR) is 79.2 cm³/mol. The van der Waals surface area contributed by atoms with Gasteiger partial charge < -0.3 is 5.11 Å². The molecule has 1 unspecified atom stereocenters. The molecule has 100 valence electrons. The number of aliphatic hydroxyl groups is 1. The van der Waals surface area contributed by atoms with Crippen molar-refractivity contribution >= 4 is 39.1 Å². The van der Waals surface area contributed by atoms with Crippen molar-refractivity contribution in [2.24, 2.45) is 0 Å². The van der Waals surface area contributed by atoms with Crippen LogP contribution in [0.15, 0.2) is 40.9 Å². The number of aliphatic hydroxyl groups excluding tert-OH is 1. The smallest absolute Gasteiger partial charge is 0.124 e. The Kier molecular flexibility index (Phi) is 4.85. The lowest BCUT2D eigenvalue weighted by atomic mass is 10.0. The second-order valence-electron chi connectivity index (χ2n) is 4.10. The molecular weight excluding hydrogens is 354 g/mol. The number of halogens is 4. The average Bonchev–Trinajstić information content (AvgIpc) is 2.36. The standard InChI is InChI=1S/C14H10BrCl2FO/c15-11-3-1-2-10(14(11)17)13(19)6-8-4-5-9(18)7-12(8)16/h1-5,7,13,19H,6H2. The fraction of sp³-hybridized carbons (Fsp3) is 0.143. The summed E-state index contributed by atoms with van der Waals surface area (Å²) in [5.74, 6) is -0.399. The van der Waals surface area contributed by atoms with Gasteiger partial charge in [0.2, 0.25) is 0 Å². The van der Waals surface area contributed by atoms with E-state index in [1.54, 1.807) is 24.3 Å². The molecule has 1 atom stereocenters. The number of hydrogen-bond acceptors (Lipinski definition) is 1. The van der Waals surface area contributed by atoms with Gasteiger partial charge in [0.25, 0.3) is 0 Å². The molecule has 0 fully saturated rings. The Morgan fingerprint density at radius 3 is 2.63 bits per heavy atom. The van der Waals surface area contributed by atoms with Crippen LogP contribution in [0.1, 0.15) is 17.2 Å². The van der Waals surface area contributed by atoms with Crippen molar-refractivity contribution in [1.82, 2.24) is 0 Å². The van der Waals surface area contributed by atoms with E-state index < -0.39 is 11.9 Å². The molecule has 0 aliphatic carbocycles. The maximum absolute atomic E-state index is 13.0. The minimum atomic E-state index is -0.798. The van der Waals surface area contributed by atoms with Crippen LogP contribution in [0, 0.1) is 5.82 Å². The average molecular weight is 364 g/mol. The van der Waals surface area contributed by atoms with Gasteiger partial charge in [-0.1, -0.05) is 41.4 Å². The SMILES string of the molecule is OC(Cc1ccc(F)cc1Cl)c1cccc(Br)c1Cl. The van der Waals surface area contributed by atoms with Crippen LogP contribution in [0.4, 0.5) is 4.39 Å². The Hall–Kier alpha value is -0.610. The molecule has 2 aromatic rings. The van der Waals surface area contributed by atoms with E-state index in [1.165, 1.54) is 12.1 Å². The zero-order valence-corrected chi connectivity index (χ0v) is 12.8. The third-order valence-electron chi connectivity index (χ3n) is 2.77. The van der Waals surface area contributed by atoms with Crippen LogP contribution in [0.3, 0.4) is 0 Å². The molecule has 0 aromatic heterocycles. The molecule has 1 nitrogen and oxygen atoms in total. The van der Waals surface area contributed by atoms with Crippen molar-refractivity contribution in [2.45, 2.75) is 12.5 Å². The summed E-state index contributed by atoms with van der Waals surface area (Å²) in [6, 6.07) is 9.44. The summed E-state index contributed by atoms with van der Waals surface area (Å²) in [6.07, 6.45) is -0.525. The van der Waals surface area contributed by atoms with E-state index in [2.05, 4.69) is 15.9 Å². The lowest BCUT2D eigenvalue weighted by Crippen LogP contribution is -2.03. The second-order valence-corrected chi connectivity index (χ2v) is 5.74. The Labute approximate surface area is 129 Å². The maximum atomic E-state index is 13.0. The highest BCUT2D eigenvalue weighted by atomic mass is 79.9. The summed E-state index contributed by atoms with van der Waals surface area (Å²) in [4.78, 5) is 0. The molecule has 0 aliphatic rings. The van der Waals surface area contributed by atoms with Gasteiger partial charge in [-0.25, -0.2) is 4.39 Å². The quantitative estimate of drug-likeness (QED) is 0.797. The second kappa shape index (κ2) is 6.23. The zero-order valence-electron chi connectivity index (χ0n) is 9.71. The molecule has 2 rings (SSSR count). The van der Waals surface area contributed by atoms with Gasteiger partial charge in [0.05, 0.1) is 11.1 Å². The molecule has 0 radical (unpaired) electrons. The molecular formula is C14H10BrCl2FO. The lowest BCUT2D eigenvalue weighted by molar-refractivity contribution is 0.178. The Morgan fingerprint density at radius 2 is 1.95 bits per heavy atom. The third kappa shape index (κ3) is 3.48. The summed E-state index contributed by atoms with van der Waals surface area (Å²) in [7, 11) is 0. The largest absolute Gasteiger partial charge is 0.388 e. The highest BCUT2D eigenvalue weighted by molar-refractivity contribution is 9.10. The summed E-state index contributed by atoms with van der Waals surface area (Å²) in [6.45, 7) is 0. The van der Waals surface area contributed by atoms with E-state index in [0.717, 1.165) is 4.47 Å². The summed E-state index contributed by atoms with van der Waals surface area (Å²) >= 11 is 15.4. The third-order valence-corrected chi connectivity index (χ3v) is 4.43. The van der Waals surface area contributed by atoms with E-state index in [4.69, 9.17) is 23.2 Å². The molecule has 0 saturated carbocycles. The van der Waals surface area contributed by atoms with Crippen molar-refractivity contribution in [3.8, 4) is 0 Å². The minimum absolute atomic E-state index is 0.273. The van der Waals surface area contributed by atoms with Crippen LogP contribution in [0.5, 0.6) is 0 Å². The van der Waals surface area contributed by atoms with Crippen LogP contribution < -0.4 is 0 Å². The van der Waals surface area contributed by atoms with Gasteiger partial charge in [-0.2, -0.15) is 0 Å². The molecule has 0 bridgehead atoms. The minimum Gasteiger partial charge on any atom is -0.388 e. The fourth-order valence-corrected chi connectivity index (χ4v) is 2.66. The van der Waals surface area contributed by atoms with Crippen LogP contribution in [0.2, 0.25) is 10.0 Å². The topological polar surface area (TPSA) is 20.2 Å². The van der Waals surface area contributed by atoms with Crippen molar-refractivity contribution in [3.63, 3.8) is 0 Å². The van der Waals surface area contributed by atoms with Gasteiger partial charge >= 0.3 is 0 Å². The van der Waals surface area contributed by atoms with Gasteiger partial charge in [-0.3, -0.25) is 0 Å². The van der Waals surface area contributed by atoms with E-state index in [-0.39, 0.29) is 6.42 Å². The molecule has 19 heavy (non-hydrogen) atoms. The fourth-order valence-electron chi connectivity index (χ4n) is 1.78. The Bertz CT molecular complexity index is 604. The van der Waals surface area contributed by atoms with Crippen LogP contribution in [0.25, 0.3) is 0 Å². The number of hydrogen-bond donors (Lipinski definition) is 1. The normalized spacial score (nSPS) is 12.5. The molecule has 0 amide bonds. The molecule has 0 spiro atoms. The highest BCUT2D eigenvalue weighted by Gasteiger charge is 2.15. The van der Waals surface area contributed by atoms with Crippen LogP contribution in [-0.2, 0) is 6.42 Å². The molecule has 5 heteroatoms. The Balaban J connectivity index is 2.25. The first-order valence-electron chi connectivity index (χ1n) is 5.55. The number of rotatable bonds is 3. The predicted octanol–water partition coefficient (Wildman–Crippen LogP) is 5.17. The van der Waals surface area contributed by atoms with E-state index in [9.17, 15) is 9.50 Å². The van der Waals surface area contributed by atoms with Gasteiger partial charge in [-0.15, -0.1) is 0 Å². The maximum Gasteiger partial charge on any atom is 0.124 e. The zero-order chi connectivity index (χ0) is 14.0. The lowest BCUT2D eigenvalue weighted by Gasteiger charge is -2.14. The van der Waals surface area contributed by atoms with Crippen molar-refractivity contribution in [3.05, 3.63) is 67.9 Å².